The summed E-state index contributed by atoms with van der Waals surface area (Å²) in [4.78, 5) is 9.24. The van der Waals surface area contributed by atoms with Crippen molar-refractivity contribution in [2.24, 2.45) is 11.5 Å². The minimum Gasteiger partial charge on any atom is -0.480 e. The summed E-state index contributed by atoms with van der Waals surface area (Å²) in [5, 5.41) is 43.7. The third kappa shape index (κ3) is 4.91. The fourth-order valence-corrected chi connectivity index (χ4v) is 1.12. The second kappa shape index (κ2) is 7.50. The average molecular weight is 254 g/mol. The highest BCUT2D eigenvalue weighted by molar-refractivity contribution is 5.68. The molecule has 0 radical (unpaired) electrons. The highest BCUT2D eigenvalue weighted by Gasteiger charge is 2.41. The molecule has 102 valence electrons. The molecule has 9 N–H and O–H groups in total. The molecular weight excluding hydrogens is 236 g/mol. The fourth-order valence-electron chi connectivity index (χ4n) is 1.12. The minimum atomic E-state index is -1.35. The van der Waals surface area contributed by atoms with Crippen molar-refractivity contribution < 1.29 is 35.1 Å². The lowest BCUT2D eigenvalue weighted by molar-refractivity contribution is -0.248. The first-order chi connectivity index (χ1) is 7.84. The van der Waals surface area contributed by atoms with E-state index in [9.17, 15) is 15.0 Å². The Morgan fingerprint density at radius 1 is 1.24 bits per heavy atom. The van der Waals surface area contributed by atoms with Crippen LogP contribution >= 0.6 is 0 Å². The molecule has 17 heavy (non-hydrogen) atoms. The summed E-state index contributed by atoms with van der Waals surface area (Å²) in [6.07, 6.45) is -4.85. The van der Waals surface area contributed by atoms with Crippen LogP contribution in [0.15, 0.2) is 0 Å². The van der Waals surface area contributed by atoms with Gasteiger partial charge in [-0.2, -0.15) is 0 Å². The fraction of sp³-hybridized carbons (Fsp3) is 0.875. The van der Waals surface area contributed by atoms with Gasteiger partial charge in [0.15, 0.2) is 6.29 Å². The van der Waals surface area contributed by atoms with Gasteiger partial charge in [0, 0.05) is 0 Å². The monoisotopic (exact) mass is 254 g/mol. The van der Waals surface area contributed by atoms with Crippen LogP contribution in [-0.2, 0) is 9.53 Å². The molecule has 9 nitrogen and oxygen atoms in total. The first-order valence-electron chi connectivity index (χ1n) is 4.83. The number of nitrogens with two attached hydrogens (primary N) is 2. The Morgan fingerprint density at radius 3 is 2.06 bits per heavy atom. The van der Waals surface area contributed by atoms with Crippen LogP contribution in [0.2, 0.25) is 0 Å². The van der Waals surface area contributed by atoms with Gasteiger partial charge < -0.3 is 41.7 Å². The second-order valence-corrected chi connectivity index (χ2v) is 3.40. The molecule has 1 aliphatic rings. The zero-order valence-electron chi connectivity index (χ0n) is 9.01. The lowest BCUT2D eigenvalue weighted by atomic mass is 9.98. The van der Waals surface area contributed by atoms with Crippen molar-refractivity contribution in [2.45, 2.75) is 30.6 Å². The Balaban J connectivity index is 0.000000437. The van der Waals surface area contributed by atoms with Crippen LogP contribution in [0.25, 0.3) is 0 Å². The number of rotatable bonds is 2. The standard InChI is InChI=1S/C6H13NO5.C2H5NO2/c7-3-5(10)4(9)2(1-8)12-6(3)11;3-1-2(4)5/h2-6,8-11H,1,7H2;1,3H2,(H,4,5)/t2-,3-,4-,5-,6?;/m1./s1. The number of carboxylic acid groups (broad SMARTS) is 1. The first-order valence-corrected chi connectivity index (χ1v) is 4.83. The van der Waals surface area contributed by atoms with Crippen LogP contribution in [-0.4, -0.2) is 75.3 Å². The summed E-state index contributed by atoms with van der Waals surface area (Å²) in [5.41, 5.74) is 9.83. The normalized spacial score (nSPS) is 36.9. The summed E-state index contributed by atoms with van der Waals surface area (Å²) in [5.74, 6) is -0.968. The number of aliphatic hydroxyl groups is 4. The lowest BCUT2D eigenvalue weighted by Gasteiger charge is -2.38. The quantitative estimate of drug-likeness (QED) is 0.257. The van der Waals surface area contributed by atoms with Crippen molar-refractivity contribution >= 4 is 5.97 Å². The molecule has 0 aromatic carbocycles. The number of ether oxygens (including phenoxy) is 1. The van der Waals surface area contributed by atoms with E-state index >= 15 is 0 Å². The number of aliphatic carboxylic acids is 1. The Hall–Kier alpha value is -0.810. The van der Waals surface area contributed by atoms with Gasteiger partial charge in [-0.3, -0.25) is 4.79 Å². The summed E-state index contributed by atoms with van der Waals surface area (Å²) >= 11 is 0. The predicted molar refractivity (Wildman–Crippen MR) is 54.6 cm³/mol. The van der Waals surface area contributed by atoms with Crippen LogP contribution in [0.3, 0.4) is 0 Å². The Morgan fingerprint density at radius 2 is 1.71 bits per heavy atom. The molecule has 1 fully saturated rings. The van der Waals surface area contributed by atoms with E-state index in [2.05, 4.69) is 5.73 Å². The molecule has 0 saturated carbocycles. The van der Waals surface area contributed by atoms with E-state index < -0.39 is 43.2 Å². The van der Waals surface area contributed by atoms with Gasteiger partial charge in [0.05, 0.1) is 19.2 Å². The van der Waals surface area contributed by atoms with Crippen molar-refractivity contribution in [1.82, 2.24) is 0 Å². The summed E-state index contributed by atoms with van der Waals surface area (Å²) in [6, 6.07) is -1.04. The van der Waals surface area contributed by atoms with E-state index in [1.165, 1.54) is 0 Å². The molecule has 0 aliphatic carbocycles. The SMILES string of the molecule is NCC(=O)O.N[C@H]1C(O)O[C@H](CO)[C@@H](O)[C@@H]1O. The van der Waals surface area contributed by atoms with E-state index in [1.807, 2.05) is 0 Å². The van der Waals surface area contributed by atoms with Crippen LogP contribution in [0.5, 0.6) is 0 Å². The van der Waals surface area contributed by atoms with Gasteiger partial charge >= 0.3 is 5.97 Å². The van der Waals surface area contributed by atoms with E-state index in [-0.39, 0.29) is 6.54 Å². The molecule has 1 unspecified atom stereocenters. The molecule has 0 amide bonds. The number of carboxylic acids is 1. The van der Waals surface area contributed by atoms with Crippen LogP contribution < -0.4 is 11.5 Å². The van der Waals surface area contributed by atoms with Gasteiger partial charge in [-0.1, -0.05) is 0 Å². The molecular formula is C8H18N2O7. The molecule has 1 rings (SSSR count). The third-order valence-corrected chi connectivity index (χ3v) is 2.12. The summed E-state index contributed by atoms with van der Waals surface area (Å²) in [6.45, 7) is -0.748. The van der Waals surface area contributed by atoms with Gasteiger partial charge in [0.25, 0.3) is 0 Å². The zero-order valence-corrected chi connectivity index (χ0v) is 9.01. The van der Waals surface area contributed by atoms with Crippen LogP contribution in [0.4, 0.5) is 0 Å². The van der Waals surface area contributed by atoms with Gasteiger partial charge in [0.1, 0.15) is 18.3 Å². The Labute approximate surface area is 97.2 Å². The number of aliphatic hydroxyl groups excluding tert-OH is 4. The third-order valence-electron chi connectivity index (χ3n) is 2.12. The van der Waals surface area contributed by atoms with Crippen molar-refractivity contribution in [3.8, 4) is 0 Å². The highest BCUT2D eigenvalue weighted by atomic mass is 16.6. The highest BCUT2D eigenvalue weighted by Crippen LogP contribution is 2.17. The summed E-state index contributed by atoms with van der Waals surface area (Å²) in [7, 11) is 0. The molecule has 0 bridgehead atoms. The average Bonchev–Trinajstić information content (AvgIpc) is 2.31. The molecule has 0 aromatic rings. The van der Waals surface area contributed by atoms with Crippen molar-refractivity contribution in [1.29, 1.82) is 0 Å². The van der Waals surface area contributed by atoms with E-state index in [0.717, 1.165) is 0 Å². The van der Waals surface area contributed by atoms with E-state index in [1.54, 1.807) is 0 Å². The Bertz CT molecular complexity index is 235. The van der Waals surface area contributed by atoms with Crippen LogP contribution in [0, 0.1) is 0 Å². The maximum absolute atomic E-state index is 9.24. The number of carbonyl (C=O) groups is 1. The second-order valence-electron chi connectivity index (χ2n) is 3.40. The van der Waals surface area contributed by atoms with Crippen molar-refractivity contribution in [3.63, 3.8) is 0 Å². The topological polar surface area (TPSA) is 179 Å². The lowest BCUT2D eigenvalue weighted by Crippen LogP contribution is -2.61. The largest absolute Gasteiger partial charge is 0.480 e. The van der Waals surface area contributed by atoms with Gasteiger partial charge in [-0.15, -0.1) is 0 Å². The van der Waals surface area contributed by atoms with E-state index in [4.69, 9.17) is 25.8 Å². The molecule has 9 heteroatoms. The smallest absolute Gasteiger partial charge is 0.317 e. The minimum absolute atomic E-state index is 0.278. The maximum Gasteiger partial charge on any atom is 0.317 e. The number of hydrogen-bond acceptors (Lipinski definition) is 8. The molecule has 1 aliphatic heterocycles. The first kappa shape index (κ1) is 16.2. The van der Waals surface area contributed by atoms with E-state index in [0.29, 0.717) is 0 Å². The summed E-state index contributed by atoms with van der Waals surface area (Å²) < 4.78 is 4.70. The molecule has 0 aromatic heterocycles. The van der Waals surface area contributed by atoms with Gasteiger partial charge in [-0.25, -0.2) is 0 Å². The molecule has 0 spiro atoms. The predicted octanol–water partition coefficient (Wildman–Crippen LogP) is -4.23. The van der Waals surface area contributed by atoms with Crippen molar-refractivity contribution in [2.75, 3.05) is 13.2 Å². The maximum atomic E-state index is 9.24. The van der Waals surface area contributed by atoms with Gasteiger partial charge in [-0.05, 0) is 0 Å². The number of hydrogen-bond donors (Lipinski definition) is 7. The molecule has 1 heterocycles. The van der Waals surface area contributed by atoms with Crippen LogP contribution in [0.1, 0.15) is 0 Å². The Kier molecular flexibility index (Phi) is 7.15. The van der Waals surface area contributed by atoms with Crippen molar-refractivity contribution in [3.05, 3.63) is 0 Å². The molecule has 1 saturated heterocycles. The zero-order chi connectivity index (χ0) is 13.6. The molecule has 5 atom stereocenters. The van der Waals surface area contributed by atoms with Gasteiger partial charge in [0.2, 0.25) is 0 Å².